The minimum absolute atomic E-state index is 0.0821. The lowest BCUT2D eigenvalue weighted by atomic mass is 10.0. The largest absolute Gasteiger partial charge is 0.462 e. The number of amides is 1. The van der Waals surface area contributed by atoms with E-state index in [1.54, 1.807) is 0 Å². The molecule has 6 heteroatoms. The first-order valence-electron chi connectivity index (χ1n) is 28.4. The van der Waals surface area contributed by atoms with Crippen molar-refractivity contribution in [2.24, 2.45) is 0 Å². The number of ether oxygens (including phenoxy) is 1. The summed E-state index contributed by atoms with van der Waals surface area (Å²) in [5, 5.41) is 23.9. The van der Waals surface area contributed by atoms with Gasteiger partial charge in [-0.05, 0) is 51.4 Å². The fourth-order valence-corrected chi connectivity index (χ4v) is 9.02. The second kappa shape index (κ2) is 51.6. The van der Waals surface area contributed by atoms with Gasteiger partial charge in [-0.15, -0.1) is 0 Å². The minimum Gasteiger partial charge on any atom is -0.462 e. The van der Waals surface area contributed by atoms with E-state index in [0.717, 1.165) is 51.4 Å². The number of esters is 1. The molecule has 0 spiro atoms. The molecule has 374 valence electrons. The van der Waals surface area contributed by atoms with Gasteiger partial charge >= 0.3 is 5.97 Å². The van der Waals surface area contributed by atoms with Crippen LogP contribution in [0.25, 0.3) is 0 Å². The monoisotopic (exact) mass is 890 g/mol. The van der Waals surface area contributed by atoms with Crippen molar-refractivity contribution in [2.45, 2.75) is 334 Å². The van der Waals surface area contributed by atoms with E-state index >= 15 is 0 Å². The average molecular weight is 891 g/mol. The van der Waals surface area contributed by atoms with Crippen LogP contribution in [-0.4, -0.2) is 46.9 Å². The molecule has 0 bridgehead atoms. The summed E-state index contributed by atoms with van der Waals surface area (Å²) in [5.41, 5.74) is 0. The van der Waals surface area contributed by atoms with E-state index in [4.69, 9.17) is 4.74 Å². The van der Waals surface area contributed by atoms with Crippen LogP contribution in [0.1, 0.15) is 316 Å². The van der Waals surface area contributed by atoms with Crippen LogP contribution in [0.5, 0.6) is 0 Å². The zero-order valence-electron chi connectivity index (χ0n) is 42.7. The van der Waals surface area contributed by atoms with Gasteiger partial charge in [0.05, 0.1) is 25.2 Å². The van der Waals surface area contributed by atoms with Crippen molar-refractivity contribution in [2.75, 3.05) is 6.61 Å². The number of allylic oxidation sites excluding steroid dienone is 2. The van der Waals surface area contributed by atoms with Crippen LogP contribution in [0.4, 0.5) is 0 Å². The van der Waals surface area contributed by atoms with Crippen molar-refractivity contribution in [3.8, 4) is 0 Å². The summed E-state index contributed by atoms with van der Waals surface area (Å²) in [6, 6.07) is -0.697. The van der Waals surface area contributed by atoms with Gasteiger partial charge in [0.25, 0.3) is 0 Å². The molecule has 3 atom stereocenters. The number of nitrogens with one attached hydrogen (secondary N) is 1. The third-order valence-electron chi connectivity index (χ3n) is 13.3. The van der Waals surface area contributed by atoms with Gasteiger partial charge < -0.3 is 20.3 Å². The molecule has 0 rings (SSSR count). The Morgan fingerprint density at radius 2 is 0.762 bits per heavy atom. The van der Waals surface area contributed by atoms with Crippen LogP contribution in [0.2, 0.25) is 0 Å². The van der Waals surface area contributed by atoms with E-state index in [1.165, 1.54) is 218 Å². The first-order valence-corrected chi connectivity index (χ1v) is 28.4. The number of aliphatic hydroxyl groups excluding tert-OH is 2. The highest BCUT2D eigenvalue weighted by molar-refractivity contribution is 5.77. The molecule has 63 heavy (non-hydrogen) atoms. The molecule has 0 fully saturated rings. The zero-order chi connectivity index (χ0) is 45.9. The van der Waals surface area contributed by atoms with E-state index in [2.05, 4.69) is 38.2 Å². The molecule has 3 N–H and O–H groups in total. The van der Waals surface area contributed by atoms with Crippen LogP contribution in [0.15, 0.2) is 12.2 Å². The second-order valence-electron chi connectivity index (χ2n) is 19.7. The van der Waals surface area contributed by atoms with Crippen molar-refractivity contribution in [3.05, 3.63) is 12.2 Å². The van der Waals surface area contributed by atoms with Gasteiger partial charge in [0, 0.05) is 6.42 Å². The molecule has 3 unspecified atom stereocenters. The third-order valence-corrected chi connectivity index (χ3v) is 13.3. The Hall–Kier alpha value is -1.40. The first kappa shape index (κ1) is 61.6. The molecule has 0 radical (unpaired) electrons. The van der Waals surface area contributed by atoms with Gasteiger partial charge in [-0.1, -0.05) is 264 Å². The highest BCUT2D eigenvalue weighted by Gasteiger charge is 2.24. The molecule has 0 aliphatic carbocycles. The van der Waals surface area contributed by atoms with E-state index in [9.17, 15) is 19.8 Å². The molecule has 0 aliphatic rings. The molecule has 0 aromatic heterocycles. The van der Waals surface area contributed by atoms with Gasteiger partial charge in [0.1, 0.15) is 6.10 Å². The smallest absolute Gasteiger partial charge is 0.306 e. The predicted molar refractivity (Wildman–Crippen MR) is 273 cm³/mol. The van der Waals surface area contributed by atoms with Gasteiger partial charge in [-0.3, -0.25) is 9.59 Å². The molecule has 0 saturated heterocycles. The highest BCUT2D eigenvalue weighted by atomic mass is 16.5. The van der Waals surface area contributed by atoms with Crippen LogP contribution < -0.4 is 5.32 Å². The molecular formula is C57H111NO5. The fourth-order valence-electron chi connectivity index (χ4n) is 9.02. The van der Waals surface area contributed by atoms with Crippen molar-refractivity contribution in [3.63, 3.8) is 0 Å². The molecule has 6 nitrogen and oxygen atoms in total. The number of unbranched alkanes of at least 4 members (excludes halogenated alkanes) is 38. The Kier molecular flexibility index (Phi) is 50.4. The molecule has 1 amide bonds. The Balaban J connectivity index is 4.49. The number of rotatable bonds is 52. The summed E-state index contributed by atoms with van der Waals surface area (Å²) in [6.07, 6.45) is 58.5. The maximum atomic E-state index is 13.2. The lowest BCUT2D eigenvalue weighted by Crippen LogP contribution is -2.46. The fraction of sp³-hybridized carbons (Fsp3) is 0.930. The normalized spacial score (nSPS) is 13.2. The summed E-state index contributed by atoms with van der Waals surface area (Å²) in [7, 11) is 0. The Bertz CT molecular complexity index is 955. The Labute approximate surface area is 393 Å². The van der Waals surface area contributed by atoms with E-state index in [-0.39, 0.29) is 24.9 Å². The van der Waals surface area contributed by atoms with Crippen LogP contribution in [-0.2, 0) is 14.3 Å². The van der Waals surface area contributed by atoms with E-state index in [1.807, 2.05) is 0 Å². The minimum atomic E-state index is -0.784. The van der Waals surface area contributed by atoms with Gasteiger partial charge in [0.15, 0.2) is 0 Å². The predicted octanol–water partition coefficient (Wildman–Crippen LogP) is 17.3. The Morgan fingerprint density at radius 1 is 0.444 bits per heavy atom. The molecule has 0 saturated carbocycles. The molecule has 0 aromatic carbocycles. The van der Waals surface area contributed by atoms with Gasteiger partial charge in [-0.2, -0.15) is 0 Å². The Morgan fingerprint density at radius 3 is 1.16 bits per heavy atom. The quantitative estimate of drug-likeness (QED) is 0.0321. The molecule has 0 aliphatic heterocycles. The lowest BCUT2D eigenvalue weighted by molar-refractivity contribution is -0.151. The summed E-state index contributed by atoms with van der Waals surface area (Å²) in [6.45, 7) is 6.50. The average Bonchev–Trinajstić information content (AvgIpc) is 3.28. The van der Waals surface area contributed by atoms with Crippen molar-refractivity contribution in [1.29, 1.82) is 0 Å². The molecule has 0 heterocycles. The maximum Gasteiger partial charge on any atom is 0.306 e. The molecule has 0 aromatic rings. The number of carbonyl (C=O) groups excluding carboxylic acids is 2. The van der Waals surface area contributed by atoms with Crippen LogP contribution in [0, 0.1) is 0 Å². The van der Waals surface area contributed by atoms with Crippen LogP contribution >= 0.6 is 0 Å². The lowest BCUT2D eigenvalue weighted by Gasteiger charge is -2.24. The standard InChI is InChI=1S/C57H111NO5/c1-4-7-10-13-16-19-22-25-27-29-31-33-36-39-42-45-48-53(63-57(62)50-47-44-41-38-35-24-21-18-15-12-9-6-3)51-56(61)58-54(52-59)55(60)49-46-43-40-37-34-32-30-28-26-23-20-17-14-11-8-5-2/h18,21,53-55,59-60H,4-17,19-20,22-52H2,1-3H3,(H,58,61)/b21-18-. The highest BCUT2D eigenvalue weighted by Crippen LogP contribution is 2.19. The summed E-state index contributed by atoms with van der Waals surface area (Å²) in [5.74, 6) is -0.463. The summed E-state index contributed by atoms with van der Waals surface area (Å²) < 4.78 is 5.95. The van der Waals surface area contributed by atoms with Gasteiger partial charge in [0.2, 0.25) is 5.91 Å². The topological polar surface area (TPSA) is 95.9 Å². The first-order chi connectivity index (χ1) is 31.0. The summed E-state index contributed by atoms with van der Waals surface area (Å²) >= 11 is 0. The summed E-state index contributed by atoms with van der Waals surface area (Å²) in [4.78, 5) is 26.2. The van der Waals surface area contributed by atoms with Crippen molar-refractivity contribution in [1.82, 2.24) is 5.32 Å². The third kappa shape index (κ3) is 46.9. The maximum absolute atomic E-state index is 13.2. The SMILES string of the molecule is CCCCC/C=C\CCCCCCCC(=O)OC(CCCCCCCCCCCCCCCCCC)CC(=O)NC(CO)C(O)CCCCCCCCCCCCCCCCCC. The number of aliphatic hydroxyl groups is 2. The number of carbonyl (C=O) groups is 2. The number of hydrogen-bond donors (Lipinski definition) is 3. The zero-order valence-corrected chi connectivity index (χ0v) is 42.7. The second-order valence-corrected chi connectivity index (χ2v) is 19.7. The van der Waals surface area contributed by atoms with E-state index < -0.39 is 18.2 Å². The van der Waals surface area contributed by atoms with Gasteiger partial charge in [-0.25, -0.2) is 0 Å². The van der Waals surface area contributed by atoms with E-state index in [0.29, 0.717) is 19.3 Å². The number of hydrogen-bond acceptors (Lipinski definition) is 5. The van der Waals surface area contributed by atoms with Crippen LogP contribution in [0.3, 0.4) is 0 Å². The van der Waals surface area contributed by atoms with Crippen molar-refractivity contribution < 1.29 is 24.5 Å². The molecular weight excluding hydrogens is 779 g/mol. The van der Waals surface area contributed by atoms with Crippen molar-refractivity contribution >= 4 is 11.9 Å².